The highest BCUT2D eigenvalue weighted by Gasteiger charge is 2.03. The predicted molar refractivity (Wildman–Crippen MR) is 77.9 cm³/mol. The molecule has 0 radical (unpaired) electrons. The molecule has 0 aromatic heterocycles. The molecule has 0 spiro atoms. The van der Waals surface area contributed by atoms with Crippen LogP contribution >= 0.6 is 0 Å². The summed E-state index contributed by atoms with van der Waals surface area (Å²) < 4.78 is 13.1. The number of hydrogen-bond acceptors (Lipinski definition) is 2. The van der Waals surface area contributed by atoms with Crippen LogP contribution < -0.4 is 10.6 Å². The third-order valence-corrected chi connectivity index (χ3v) is 2.94. The Labute approximate surface area is 117 Å². The van der Waals surface area contributed by atoms with E-state index in [0.29, 0.717) is 12.1 Å². The normalized spacial score (nSPS) is 10.1. The van der Waals surface area contributed by atoms with Gasteiger partial charge < -0.3 is 10.6 Å². The molecule has 1 amide bonds. The van der Waals surface area contributed by atoms with Crippen LogP contribution in [0.1, 0.15) is 11.1 Å². The number of benzene rings is 2. The largest absolute Gasteiger partial charge is 0.376 e. The second kappa shape index (κ2) is 6.70. The first-order valence-corrected chi connectivity index (χ1v) is 6.46. The van der Waals surface area contributed by atoms with Crippen LogP contribution in [0.4, 0.5) is 10.1 Å². The molecule has 0 fully saturated rings. The topological polar surface area (TPSA) is 41.1 Å². The molecule has 2 N–H and O–H groups in total. The standard InChI is InChI=1S/C16H17FN2O/c1-12-9-14(7-8-15(12)17)18-11-16(20)19-10-13-5-3-2-4-6-13/h2-9,18H,10-11H2,1H3,(H,19,20). The minimum Gasteiger partial charge on any atom is -0.376 e. The van der Waals surface area contributed by atoms with Gasteiger partial charge in [0, 0.05) is 12.2 Å². The Hall–Kier alpha value is -2.36. The van der Waals surface area contributed by atoms with Gasteiger partial charge in [0.25, 0.3) is 0 Å². The van der Waals surface area contributed by atoms with Crippen molar-refractivity contribution in [2.75, 3.05) is 11.9 Å². The van der Waals surface area contributed by atoms with Gasteiger partial charge in [-0.2, -0.15) is 0 Å². The number of aryl methyl sites for hydroxylation is 1. The molecular weight excluding hydrogens is 255 g/mol. The lowest BCUT2D eigenvalue weighted by molar-refractivity contribution is -0.119. The van der Waals surface area contributed by atoms with Crippen molar-refractivity contribution in [3.05, 3.63) is 65.5 Å². The van der Waals surface area contributed by atoms with Gasteiger partial charge in [0.2, 0.25) is 5.91 Å². The zero-order valence-electron chi connectivity index (χ0n) is 11.3. The average molecular weight is 272 g/mol. The molecular formula is C16H17FN2O. The summed E-state index contributed by atoms with van der Waals surface area (Å²) in [7, 11) is 0. The number of amides is 1. The predicted octanol–water partition coefficient (Wildman–Crippen LogP) is 2.86. The molecule has 0 bridgehead atoms. The summed E-state index contributed by atoms with van der Waals surface area (Å²) in [6.45, 7) is 2.36. The van der Waals surface area contributed by atoms with Crippen molar-refractivity contribution in [3.63, 3.8) is 0 Å². The molecule has 0 saturated heterocycles. The first-order chi connectivity index (χ1) is 9.65. The fourth-order valence-corrected chi connectivity index (χ4v) is 1.80. The summed E-state index contributed by atoms with van der Waals surface area (Å²) in [4.78, 5) is 11.7. The van der Waals surface area contributed by atoms with Crippen LogP contribution in [0.15, 0.2) is 48.5 Å². The molecule has 2 aromatic carbocycles. The molecule has 0 aliphatic carbocycles. The molecule has 0 saturated carbocycles. The number of carbonyl (C=O) groups is 1. The molecule has 2 rings (SSSR count). The summed E-state index contributed by atoms with van der Waals surface area (Å²) in [6.07, 6.45) is 0. The molecule has 3 nitrogen and oxygen atoms in total. The van der Waals surface area contributed by atoms with Crippen molar-refractivity contribution in [2.24, 2.45) is 0 Å². The quantitative estimate of drug-likeness (QED) is 0.878. The maximum absolute atomic E-state index is 13.1. The fraction of sp³-hybridized carbons (Fsp3) is 0.188. The van der Waals surface area contributed by atoms with Crippen molar-refractivity contribution in [1.82, 2.24) is 5.32 Å². The van der Waals surface area contributed by atoms with Gasteiger partial charge in [0.15, 0.2) is 0 Å². The zero-order valence-corrected chi connectivity index (χ0v) is 11.3. The van der Waals surface area contributed by atoms with Gasteiger partial charge in [-0.05, 0) is 36.2 Å². The van der Waals surface area contributed by atoms with Gasteiger partial charge in [0.1, 0.15) is 5.82 Å². The van der Waals surface area contributed by atoms with E-state index in [0.717, 1.165) is 11.3 Å². The molecule has 104 valence electrons. The van der Waals surface area contributed by atoms with Crippen LogP contribution in [0.2, 0.25) is 0 Å². The number of halogens is 1. The van der Waals surface area contributed by atoms with E-state index in [1.807, 2.05) is 30.3 Å². The lowest BCUT2D eigenvalue weighted by atomic mass is 10.2. The molecule has 2 aromatic rings. The maximum atomic E-state index is 13.1. The number of rotatable bonds is 5. The highest BCUT2D eigenvalue weighted by Crippen LogP contribution is 2.13. The molecule has 0 aliphatic rings. The van der Waals surface area contributed by atoms with Crippen LogP contribution in [0.25, 0.3) is 0 Å². The second-order valence-electron chi connectivity index (χ2n) is 4.58. The van der Waals surface area contributed by atoms with Crippen LogP contribution in [0, 0.1) is 12.7 Å². The van der Waals surface area contributed by atoms with E-state index in [1.54, 1.807) is 19.1 Å². The van der Waals surface area contributed by atoms with Gasteiger partial charge in [-0.25, -0.2) is 4.39 Å². The second-order valence-corrected chi connectivity index (χ2v) is 4.58. The summed E-state index contributed by atoms with van der Waals surface area (Å²) in [6, 6.07) is 14.4. The van der Waals surface area contributed by atoms with Gasteiger partial charge in [-0.3, -0.25) is 4.79 Å². The Balaban J connectivity index is 1.79. The van der Waals surface area contributed by atoms with Crippen LogP contribution in [-0.4, -0.2) is 12.5 Å². The third kappa shape index (κ3) is 4.09. The third-order valence-electron chi connectivity index (χ3n) is 2.94. The van der Waals surface area contributed by atoms with Crippen molar-refractivity contribution >= 4 is 11.6 Å². The summed E-state index contributed by atoms with van der Waals surface area (Å²) in [5.41, 5.74) is 2.34. The highest BCUT2D eigenvalue weighted by molar-refractivity contribution is 5.80. The molecule has 20 heavy (non-hydrogen) atoms. The van der Waals surface area contributed by atoms with E-state index in [1.165, 1.54) is 6.07 Å². The van der Waals surface area contributed by atoms with Gasteiger partial charge >= 0.3 is 0 Å². The van der Waals surface area contributed by atoms with E-state index >= 15 is 0 Å². The van der Waals surface area contributed by atoms with Gasteiger partial charge in [-0.1, -0.05) is 30.3 Å². The smallest absolute Gasteiger partial charge is 0.239 e. The lowest BCUT2D eigenvalue weighted by Crippen LogP contribution is -2.29. The van der Waals surface area contributed by atoms with Crippen LogP contribution in [0.5, 0.6) is 0 Å². The molecule has 0 atom stereocenters. The SMILES string of the molecule is Cc1cc(NCC(=O)NCc2ccccc2)ccc1F. The molecule has 0 heterocycles. The van der Waals surface area contributed by atoms with E-state index in [2.05, 4.69) is 10.6 Å². The number of nitrogens with one attached hydrogen (secondary N) is 2. The first-order valence-electron chi connectivity index (χ1n) is 6.46. The summed E-state index contributed by atoms with van der Waals surface area (Å²) >= 11 is 0. The van der Waals surface area contributed by atoms with Crippen molar-refractivity contribution in [2.45, 2.75) is 13.5 Å². The minimum atomic E-state index is -0.246. The number of anilines is 1. The average Bonchev–Trinajstić information content (AvgIpc) is 2.47. The van der Waals surface area contributed by atoms with Crippen LogP contribution in [-0.2, 0) is 11.3 Å². The van der Waals surface area contributed by atoms with E-state index in [-0.39, 0.29) is 18.3 Å². The van der Waals surface area contributed by atoms with E-state index < -0.39 is 0 Å². The van der Waals surface area contributed by atoms with Gasteiger partial charge in [0.05, 0.1) is 6.54 Å². The Morgan fingerprint density at radius 2 is 1.90 bits per heavy atom. The zero-order chi connectivity index (χ0) is 14.4. The van der Waals surface area contributed by atoms with Gasteiger partial charge in [-0.15, -0.1) is 0 Å². The Kier molecular flexibility index (Phi) is 4.71. The van der Waals surface area contributed by atoms with Crippen molar-refractivity contribution < 1.29 is 9.18 Å². The summed E-state index contributed by atoms with van der Waals surface area (Å²) in [5.74, 6) is -0.347. The molecule has 4 heteroatoms. The highest BCUT2D eigenvalue weighted by atomic mass is 19.1. The monoisotopic (exact) mass is 272 g/mol. The van der Waals surface area contributed by atoms with E-state index in [9.17, 15) is 9.18 Å². The van der Waals surface area contributed by atoms with Crippen molar-refractivity contribution in [1.29, 1.82) is 0 Å². The molecule has 0 unspecified atom stereocenters. The minimum absolute atomic E-state index is 0.101. The number of carbonyl (C=O) groups excluding carboxylic acids is 1. The van der Waals surface area contributed by atoms with E-state index in [4.69, 9.17) is 0 Å². The Morgan fingerprint density at radius 1 is 1.15 bits per heavy atom. The summed E-state index contributed by atoms with van der Waals surface area (Å²) in [5, 5.41) is 5.79. The Bertz CT molecular complexity index is 584. The lowest BCUT2D eigenvalue weighted by Gasteiger charge is -2.08. The van der Waals surface area contributed by atoms with Crippen LogP contribution in [0.3, 0.4) is 0 Å². The molecule has 0 aliphatic heterocycles. The first kappa shape index (κ1) is 14.1. The number of hydrogen-bond donors (Lipinski definition) is 2. The maximum Gasteiger partial charge on any atom is 0.239 e. The van der Waals surface area contributed by atoms with Crippen molar-refractivity contribution in [3.8, 4) is 0 Å². The fourth-order valence-electron chi connectivity index (χ4n) is 1.80. The Morgan fingerprint density at radius 3 is 2.60 bits per heavy atom.